The fourth-order valence-electron chi connectivity index (χ4n) is 4.63. The van der Waals surface area contributed by atoms with Crippen LogP contribution in [-0.4, -0.2) is 81.4 Å². The van der Waals surface area contributed by atoms with Gasteiger partial charge in [0.15, 0.2) is 0 Å². The largest absolute Gasteiger partial charge is 0.465 e. The lowest BCUT2D eigenvalue weighted by molar-refractivity contribution is -0.119. The number of amides is 2. The zero-order valence-electron chi connectivity index (χ0n) is 30.2. The average Bonchev–Trinajstić information content (AvgIpc) is 3.40. The van der Waals surface area contributed by atoms with Gasteiger partial charge >= 0.3 is 5.97 Å². The molecule has 2 amide bonds. The first-order valence-electron chi connectivity index (χ1n) is 16.8. The van der Waals surface area contributed by atoms with Crippen molar-refractivity contribution in [3.05, 3.63) is 95.0 Å². The van der Waals surface area contributed by atoms with Gasteiger partial charge in [0.05, 0.1) is 31.6 Å². The summed E-state index contributed by atoms with van der Waals surface area (Å²) in [5.41, 5.74) is 1.11. The number of methoxy groups -OCH3 is 1. The first kappa shape index (κ1) is 18.9. The second-order valence-electron chi connectivity index (χ2n) is 9.55. The molecule has 0 aromatic heterocycles. The van der Waals surface area contributed by atoms with Crippen molar-refractivity contribution in [2.45, 2.75) is 6.42 Å². The summed E-state index contributed by atoms with van der Waals surface area (Å²) in [6, 6.07) is 13.3. The van der Waals surface area contributed by atoms with E-state index >= 15 is 0 Å². The lowest BCUT2D eigenvalue weighted by Crippen LogP contribution is -2.48. The molecule has 0 atom stereocenters. The number of piperazine rings is 1. The van der Waals surface area contributed by atoms with Gasteiger partial charge in [-0.2, -0.15) is 0 Å². The van der Waals surface area contributed by atoms with E-state index in [1.807, 2.05) is 11.9 Å². The van der Waals surface area contributed by atoms with E-state index in [2.05, 4.69) is 5.32 Å². The number of benzene rings is 3. The maximum absolute atomic E-state index is 13.5. The summed E-state index contributed by atoms with van der Waals surface area (Å²) in [7, 11) is 2.98. The summed E-state index contributed by atoms with van der Waals surface area (Å²) < 4.78 is 71.8. The minimum absolute atomic E-state index is 0.00318. The van der Waals surface area contributed by atoms with Crippen molar-refractivity contribution in [1.29, 1.82) is 0 Å². The minimum atomic E-state index is -2.99. The van der Waals surface area contributed by atoms with Crippen LogP contribution in [0.5, 0.6) is 0 Å². The SMILES string of the molecule is [2H]c1c([2H])c2c(c([2H])c1C(=O)OC)NC(=O)/C2=C(\Cc1ccc(N(C(=O)C([2H])([2H])N2CCN(C)CC2)C([2H])([2H])[2H])cc1)c1ccccc1. The summed E-state index contributed by atoms with van der Waals surface area (Å²) in [4.78, 5) is 43.2. The number of nitrogens with one attached hydrogen (secondary N) is 1. The van der Waals surface area contributed by atoms with Crippen LogP contribution in [0, 0.1) is 0 Å². The third-order valence-electron chi connectivity index (χ3n) is 6.88. The maximum atomic E-state index is 13.5. The molecule has 1 saturated heterocycles. The number of hydrogen-bond acceptors (Lipinski definition) is 6. The quantitative estimate of drug-likeness (QED) is 0.359. The number of nitrogens with zero attached hydrogens (tertiary/aromatic N) is 3. The third kappa shape index (κ3) is 5.83. The zero-order chi connectivity index (χ0) is 35.1. The average molecular weight is 547 g/mol. The molecule has 40 heavy (non-hydrogen) atoms. The van der Waals surface area contributed by atoms with Crippen LogP contribution >= 0.6 is 0 Å². The molecule has 8 nitrogen and oxygen atoms in total. The van der Waals surface area contributed by atoms with E-state index in [-0.39, 0.29) is 42.0 Å². The molecular formula is C32H34N4O4. The van der Waals surface area contributed by atoms with Gasteiger partial charge in [-0.25, -0.2) is 4.79 Å². The van der Waals surface area contributed by atoms with Gasteiger partial charge in [-0.15, -0.1) is 0 Å². The van der Waals surface area contributed by atoms with Crippen molar-refractivity contribution in [2.24, 2.45) is 0 Å². The van der Waals surface area contributed by atoms with Gasteiger partial charge in [-0.3, -0.25) is 14.5 Å². The molecule has 1 fully saturated rings. The molecule has 0 radical (unpaired) electrons. The zero-order valence-corrected chi connectivity index (χ0v) is 22.2. The summed E-state index contributed by atoms with van der Waals surface area (Å²) in [6.07, 6.45) is 0.0786. The number of allylic oxidation sites excluding steroid dienone is 1. The van der Waals surface area contributed by atoms with Crippen LogP contribution in [0.3, 0.4) is 0 Å². The van der Waals surface area contributed by atoms with Crippen molar-refractivity contribution in [2.75, 3.05) is 64.0 Å². The van der Waals surface area contributed by atoms with E-state index in [0.717, 1.165) is 7.11 Å². The molecule has 2 heterocycles. The molecule has 3 aromatic rings. The van der Waals surface area contributed by atoms with Gasteiger partial charge in [0.1, 0.15) is 0 Å². The van der Waals surface area contributed by atoms with Gasteiger partial charge in [-0.1, -0.05) is 48.5 Å². The molecule has 0 unspecified atom stereocenters. The van der Waals surface area contributed by atoms with Crippen LogP contribution in [0.25, 0.3) is 11.1 Å². The van der Waals surface area contributed by atoms with Gasteiger partial charge in [0.2, 0.25) is 5.91 Å². The number of anilines is 2. The van der Waals surface area contributed by atoms with Crippen molar-refractivity contribution in [3.8, 4) is 0 Å². The maximum Gasteiger partial charge on any atom is 0.337 e. The predicted octanol–water partition coefficient (Wildman–Crippen LogP) is 3.79. The van der Waals surface area contributed by atoms with Gasteiger partial charge < -0.3 is 19.9 Å². The van der Waals surface area contributed by atoms with Crippen LogP contribution in [0.2, 0.25) is 0 Å². The van der Waals surface area contributed by atoms with Crippen molar-refractivity contribution in [3.63, 3.8) is 0 Å². The first-order chi connectivity index (χ1) is 22.6. The van der Waals surface area contributed by atoms with Crippen molar-refractivity contribution >= 4 is 40.3 Å². The number of carbonyl (C=O) groups excluding carboxylic acids is 3. The topological polar surface area (TPSA) is 82.2 Å². The Morgan fingerprint density at radius 3 is 2.45 bits per heavy atom. The Balaban J connectivity index is 1.56. The van der Waals surface area contributed by atoms with Crippen LogP contribution in [0.4, 0.5) is 11.4 Å². The highest BCUT2D eigenvalue weighted by Gasteiger charge is 2.29. The molecule has 5 rings (SSSR count). The Bertz CT molecular complexity index is 1790. The van der Waals surface area contributed by atoms with Crippen LogP contribution in [0.15, 0.2) is 72.7 Å². The molecule has 0 spiro atoms. The lowest BCUT2D eigenvalue weighted by atomic mass is 9.90. The van der Waals surface area contributed by atoms with Gasteiger partial charge in [0.25, 0.3) is 5.91 Å². The van der Waals surface area contributed by atoms with Crippen molar-refractivity contribution in [1.82, 2.24) is 9.80 Å². The monoisotopic (exact) mass is 546 g/mol. The number of esters is 1. The normalized spacial score (nSPS) is 20.3. The number of likely N-dealkylation sites (N-methyl/N-ethyl adjacent to an activating group) is 2. The van der Waals surface area contributed by atoms with E-state index in [1.54, 1.807) is 42.5 Å². The molecule has 0 aliphatic carbocycles. The lowest BCUT2D eigenvalue weighted by Gasteiger charge is -2.32. The van der Waals surface area contributed by atoms with E-state index in [0.29, 0.717) is 34.7 Å². The Labute approximate surface area is 246 Å². The highest BCUT2D eigenvalue weighted by molar-refractivity contribution is 6.37. The minimum Gasteiger partial charge on any atom is -0.465 e. The second-order valence-corrected chi connectivity index (χ2v) is 9.55. The molecule has 206 valence electrons. The number of ether oxygens (including phenoxy) is 1. The predicted molar refractivity (Wildman–Crippen MR) is 157 cm³/mol. The molecule has 8 heteroatoms. The highest BCUT2D eigenvalue weighted by Crippen LogP contribution is 2.39. The van der Waals surface area contributed by atoms with Crippen LogP contribution in [-0.2, 0) is 20.7 Å². The number of rotatable bonds is 7. The first-order valence-corrected chi connectivity index (χ1v) is 12.8. The van der Waals surface area contributed by atoms with Gasteiger partial charge in [-0.05, 0) is 54.4 Å². The fraction of sp³-hybridized carbons (Fsp3) is 0.281. The van der Waals surface area contributed by atoms with E-state index in [9.17, 15) is 14.4 Å². The number of carbonyl (C=O) groups is 3. The smallest absolute Gasteiger partial charge is 0.337 e. The van der Waals surface area contributed by atoms with Crippen LogP contribution < -0.4 is 10.2 Å². The van der Waals surface area contributed by atoms with Crippen molar-refractivity contribution < 1.29 is 30.1 Å². The highest BCUT2D eigenvalue weighted by atomic mass is 16.5. The second kappa shape index (κ2) is 11.9. The molecular weight excluding hydrogens is 504 g/mol. The van der Waals surface area contributed by atoms with Crippen LogP contribution in [0.1, 0.15) is 38.0 Å². The molecule has 2 aliphatic rings. The van der Waals surface area contributed by atoms with E-state index in [4.69, 9.17) is 15.7 Å². The number of fused-ring (bicyclic) bond motifs is 1. The molecule has 1 N–H and O–H groups in total. The summed E-state index contributed by atoms with van der Waals surface area (Å²) in [5, 5.41) is 2.59. The van der Waals surface area contributed by atoms with E-state index < -0.39 is 54.9 Å². The third-order valence-corrected chi connectivity index (χ3v) is 6.88. The Kier molecular flexibility index (Phi) is 5.61. The standard InChI is InChI=1S/C32H34N4O4/c1-34-15-17-36(18-16-34)21-29(37)35(2)25-12-9-22(10-13-25)19-27(23-7-5-4-6-8-23)30-26-14-11-24(32(39)40-3)20-28(26)33-31(30)38/h4-14,20H,15-19,21H2,1-3H3,(H,33,38)/b30-27+/i2D3,11D,14D,20D,21D2. The molecule has 0 saturated carbocycles. The summed E-state index contributed by atoms with van der Waals surface area (Å²) >= 11 is 0. The Morgan fingerprint density at radius 1 is 1.05 bits per heavy atom. The molecule has 2 aliphatic heterocycles. The van der Waals surface area contributed by atoms with Gasteiger partial charge in [0, 0.05) is 54.2 Å². The summed E-state index contributed by atoms with van der Waals surface area (Å²) in [5.74, 6) is -2.82. The Hall–Kier alpha value is -4.27. The Morgan fingerprint density at radius 2 is 1.77 bits per heavy atom. The molecule has 0 bridgehead atoms. The summed E-state index contributed by atoms with van der Waals surface area (Å²) in [6.45, 7) is -4.00. The number of hydrogen-bond donors (Lipinski definition) is 1. The van der Waals surface area contributed by atoms with E-state index in [1.165, 1.54) is 17.0 Å². The molecule has 3 aromatic carbocycles. The fourth-order valence-corrected chi connectivity index (χ4v) is 4.63.